The van der Waals surface area contributed by atoms with Crippen molar-refractivity contribution in [3.05, 3.63) is 30.0 Å². The number of hydrogen-bond acceptors (Lipinski definition) is 4. The van der Waals surface area contributed by atoms with Crippen molar-refractivity contribution in [3.63, 3.8) is 0 Å². The highest BCUT2D eigenvalue weighted by Gasteiger charge is 2.13. The Kier molecular flexibility index (Phi) is 2.75. The van der Waals surface area contributed by atoms with Gasteiger partial charge in [0.1, 0.15) is 18.2 Å². The molecule has 0 aromatic carbocycles. The maximum Gasteiger partial charge on any atom is 0.252 e. The fraction of sp³-hybridized carbons (Fsp3) is 0.273. The number of nitrogens with zero attached hydrogens (tertiary/aromatic N) is 3. The number of rotatable bonds is 3. The van der Waals surface area contributed by atoms with Gasteiger partial charge in [-0.1, -0.05) is 6.07 Å². The summed E-state index contributed by atoms with van der Waals surface area (Å²) in [5, 5.41) is 22.3. The van der Waals surface area contributed by atoms with Crippen molar-refractivity contribution in [3.8, 4) is 11.9 Å². The van der Waals surface area contributed by atoms with Gasteiger partial charge in [0.05, 0.1) is 11.6 Å². The van der Waals surface area contributed by atoms with Crippen molar-refractivity contribution in [2.24, 2.45) is 0 Å². The Morgan fingerprint density at radius 2 is 2.44 bits per heavy atom. The summed E-state index contributed by atoms with van der Waals surface area (Å²) in [5.74, 6) is 0.259. The van der Waals surface area contributed by atoms with E-state index in [-0.39, 0.29) is 12.5 Å². The fourth-order valence-electron chi connectivity index (χ4n) is 1.38. The topological polar surface area (TPSA) is 70.6 Å². The second-order valence-corrected chi connectivity index (χ2v) is 3.48. The zero-order valence-corrected chi connectivity index (χ0v) is 8.79. The van der Waals surface area contributed by atoms with E-state index < -0.39 is 6.10 Å². The lowest BCUT2D eigenvalue weighted by Crippen LogP contribution is -2.13. The van der Waals surface area contributed by atoms with E-state index in [2.05, 4.69) is 11.2 Å². The lowest BCUT2D eigenvalue weighted by Gasteiger charge is -2.04. The number of nitriles is 1. The molecule has 0 bridgehead atoms. The van der Waals surface area contributed by atoms with Crippen LogP contribution in [0.1, 0.15) is 12.5 Å². The summed E-state index contributed by atoms with van der Waals surface area (Å²) in [4.78, 5) is 0. The van der Waals surface area contributed by atoms with Gasteiger partial charge in [-0.05, 0) is 19.1 Å². The van der Waals surface area contributed by atoms with Crippen LogP contribution in [0.5, 0.6) is 5.88 Å². The molecule has 0 spiro atoms. The van der Waals surface area contributed by atoms with Gasteiger partial charge in [-0.2, -0.15) is 5.26 Å². The van der Waals surface area contributed by atoms with E-state index in [4.69, 9.17) is 15.1 Å². The third-order valence-electron chi connectivity index (χ3n) is 2.08. The molecule has 1 unspecified atom stereocenters. The first kappa shape index (κ1) is 10.5. The molecule has 5 heteroatoms. The molecule has 0 fully saturated rings. The molecule has 0 aliphatic carbocycles. The van der Waals surface area contributed by atoms with Crippen LogP contribution in [-0.4, -0.2) is 27.4 Å². The van der Waals surface area contributed by atoms with Gasteiger partial charge in [0.15, 0.2) is 0 Å². The Balaban J connectivity index is 2.41. The summed E-state index contributed by atoms with van der Waals surface area (Å²) >= 11 is 0. The molecule has 5 nitrogen and oxygen atoms in total. The van der Waals surface area contributed by atoms with Crippen LogP contribution < -0.4 is 4.74 Å². The van der Waals surface area contributed by atoms with Crippen molar-refractivity contribution in [2.75, 3.05) is 6.61 Å². The molecule has 2 aromatic rings. The molecule has 82 valence electrons. The van der Waals surface area contributed by atoms with Gasteiger partial charge in [0, 0.05) is 6.20 Å². The number of aromatic nitrogens is 2. The van der Waals surface area contributed by atoms with Crippen molar-refractivity contribution < 1.29 is 9.84 Å². The summed E-state index contributed by atoms with van der Waals surface area (Å²) in [5.41, 5.74) is 1.09. The second-order valence-electron chi connectivity index (χ2n) is 3.48. The minimum absolute atomic E-state index is 0.124. The Labute approximate surface area is 92.5 Å². The van der Waals surface area contributed by atoms with Gasteiger partial charge < -0.3 is 9.84 Å². The Bertz CT molecular complexity index is 540. The summed E-state index contributed by atoms with van der Waals surface area (Å²) in [6.07, 6.45) is 1.15. The molecule has 16 heavy (non-hydrogen) atoms. The van der Waals surface area contributed by atoms with Gasteiger partial charge in [0.2, 0.25) is 0 Å². The van der Waals surface area contributed by atoms with E-state index in [0.717, 1.165) is 0 Å². The average molecular weight is 217 g/mol. The number of aliphatic hydroxyl groups excluding tert-OH is 1. The summed E-state index contributed by atoms with van der Waals surface area (Å²) < 4.78 is 6.85. The van der Waals surface area contributed by atoms with Gasteiger partial charge in [-0.3, -0.25) is 0 Å². The van der Waals surface area contributed by atoms with Crippen LogP contribution in [0.15, 0.2) is 24.4 Å². The minimum atomic E-state index is -0.587. The Morgan fingerprint density at radius 3 is 3.12 bits per heavy atom. The smallest absolute Gasteiger partial charge is 0.252 e. The first-order valence-electron chi connectivity index (χ1n) is 4.90. The highest BCUT2D eigenvalue weighted by molar-refractivity contribution is 5.64. The largest absolute Gasteiger partial charge is 0.473 e. The highest BCUT2D eigenvalue weighted by Crippen LogP contribution is 2.21. The molecule has 0 aliphatic heterocycles. The van der Waals surface area contributed by atoms with Gasteiger partial charge in [-0.25, -0.2) is 4.52 Å². The molecule has 0 amide bonds. The van der Waals surface area contributed by atoms with E-state index in [1.165, 1.54) is 0 Å². The standard InChI is InChI=1S/C11H11N3O2/c1-8(15)7-16-11-9(6-12)10-4-2-3-5-14(10)13-11/h2-5,8,15H,7H2,1H3. The van der Waals surface area contributed by atoms with E-state index in [1.807, 2.05) is 12.1 Å². The van der Waals surface area contributed by atoms with Gasteiger partial charge >= 0.3 is 0 Å². The van der Waals surface area contributed by atoms with Crippen molar-refractivity contribution >= 4 is 5.52 Å². The molecule has 0 saturated carbocycles. The molecular weight excluding hydrogens is 206 g/mol. The molecule has 2 aromatic heterocycles. The first-order chi connectivity index (χ1) is 7.72. The van der Waals surface area contributed by atoms with Crippen LogP contribution in [0.3, 0.4) is 0 Å². The second kappa shape index (κ2) is 4.21. The number of pyridine rings is 1. The molecule has 1 N–H and O–H groups in total. The van der Waals surface area contributed by atoms with Crippen LogP contribution in [0, 0.1) is 11.3 Å². The predicted molar refractivity (Wildman–Crippen MR) is 57.1 cm³/mol. The monoisotopic (exact) mass is 217 g/mol. The number of fused-ring (bicyclic) bond motifs is 1. The van der Waals surface area contributed by atoms with Crippen molar-refractivity contribution in [1.82, 2.24) is 9.61 Å². The van der Waals surface area contributed by atoms with E-state index >= 15 is 0 Å². The zero-order valence-electron chi connectivity index (χ0n) is 8.79. The Hall–Kier alpha value is -2.06. The van der Waals surface area contributed by atoms with Crippen molar-refractivity contribution in [1.29, 1.82) is 5.26 Å². The van der Waals surface area contributed by atoms with Crippen LogP contribution in [0.2, 0.25) is 0 Å². The zero-order chi connectivity index (χ0) is 11.5. The molecule has 0 radical (unpaired) electrons. The number of hydrogen-bond donors (Lipinski definition) is 1. The third-order valence-corrected chi connectivity index (χ3v) is 2.08. The first-order valence-corrected chi connectivity index (χ1v) is 4.90. The number of aliphatic hydroxyl groups is 1. The van der Waals surface area contributed by atoms with Crippen LogP contribution in [0.4, 0.5) is 0 Å². The molecule has 2 rings (SSSR count). The van der Waals surface area contributed by atoms with Crippen LogP contribution in [-0.2, 0) is 0 Å². The van der Waals surface area contributed by atoms with E-state index in [0.29, 0.717) is 11.1 Å². The third kappa shape index (κ3) is 1.83. The van der Waals surface area contributed by atoms with E-state index in [9.17, 15) is 0 Å². The Morgan fingerprint density at radius 1 is 1.62 bits per heavy atom. The quantitative estimate of drug-likeness (QED) is 0.831. The average Bonchev–Trinajstić information content (AvgIpc) is 2.63. The summed E-state index contributed by atoms with van der Waals surface area (Å²) in [7, 11) is 0. The van der Waals surface area contributed by atoms with E-state index in [1.54, 1.807) is 23.7 Å². The van der Waals surface area contributed by atoms with Gasteiger partial charge in [-0.15, -0.1) is 5.10 Å². The SMILES string of the molecule is CC(O)COc1nn2ccccc2c1C#N. The molecule has 1 atom stereocenters. The normalized spacial score (nSPS) is 12.3. The lowest BCUT2D eigenvalue weighted by molar-refractivity contribution is 0.119. The fourth-order valence-corrected chi connectivity index (χ4v) is 1.38. The lowest BCUT2D eigenvalue weighted by atomic mass is 10.3. The molecule has 0 saturated heterocycles. The number of ether oxygens (including phenoxy) is 1. The van der Waals surface area contributed by atoms with Crippen LogP contribution in [0.25, 0.3) is 5.52 Å². The molecular formula is C11H11N3O2. The summed E-state index contributed by atoms with van der Waals surface area (Å²) in [6.45, 7) is 1.74. The minimum Gasteiger partial charge on any atom is -0.473 e. The molecule has 2 heterocycles. The predicted octanol–water partition coefficient (Wildman–Crippen LogP) is 0.966. The summed E-state index contributed by atoms with van der Waals surface area (Å²) in [6, 6.07) is 7.49. The molecule has 0 aliphatic rings. The highest BCUT2D eigenvalue weighted by atomic mass is 16.5. The van der Waals surface area contributed by atoms with Crippen molar-refractivity contribution in [2.45, 2.75) is 13.0 Å². The van der Waals surface area contributed by atoms with Crippen LogP contribution >= 0.6 is 0 Å². The maximum atomic E-state index is 9.11. The maximum absolute atomic E-state index is 9.11. The van der Waals surface area contributed by atoms with Gasteiger partial charge in [0.25, 0.3) is 5.88 Å².